The first-order valence-corrected chi connectivity index (χ1v) is 4.76. The Hall–Kier alpha value is -1.06. The molecule has 0 aromatic carbocycles. The summed E-state index contributed by atoms with van der Waals surface area (Å²) in [4.78, 5) is 24.3. The van der Waals surface area contributed by atoms with E-state index >= 15 is 0 Å². The van der Waals surface area contributed by atoms with Crippen LogP contribution in [-0.2, 0) is 4.79 Å². The van der Waals surface area contributed by atoms with Gasteiger partial charge in [-0.15, -0.1) is 0 Å². The van der Waals surface area contributed by atoms with E-state index < -0.39 is 0 Å². The molecule has 74 valence electrons. The molecule has 0 spiro atoms. The molecule has 1 aliphatic rings. The van der Waals surface area contributed by atoms with Gasteiger partial charge in [-0.3, -0.25) is 9.69 Å². The Morgan fingerprint density at radius 2 is 2.23 bits per heavy atom. The molecule has 0 saturated carbocycles. The van der Waals surface area contributed by atoms with Crippen LogP contribution in [0.25, 0.3) is 0 Å². The van der Waals surface area contributed by atoms with Gasteiger partial charge in [0.15, 0.2) is 0 Å². The normalized spacial score (nSPS) is 24.2. The molecule has 1 heterocycles. The van der Waals surface area contributed by atoms with Crippen LogP contribution in [0.5, 0.6) is 0 Å². The summed E-state index contributed by atoms with van der Waals surface area (Å²) in [5.41, 5.74) is 0. The van der Waals surface area contributed by atoms with E-state index in [9.17, 15) is 9.59 Å². The number of carbonyl (C=O) groups is 2. The minimum atomic E-state index is -0.240. The summed E-state index contributed by atoms with van der Waals surface area (Å²) in [5.74, 6) is -0.0812. The molecule has 0 bridgehead atoms. The average Bonchev–Trinajstić information content (AvgIpc) is 2.21. The molecule has 1 unspecified atom stereocenters. The SMILES string of the molecule is CCCN1C(=O)NCCC(C)C1=O. The highest BCUT2D eigenvalue weighted by Gasteiger charge is 2.27. The number of nitrogens with one attached hydrogen (secondary N) is 1. The zero-order valence-corrected chi connectivity index (χ0v) is 8.17. The fourth-order valence-electron chi connectivity index (χ4n) is 1.42. The first kappa shape index (κ1) is 10.0. The molecule has 1 fully saturated rings. The van der Waals surface area contributed by atoms with Crippen molar-refractivity contribution in [3.63, 3.8) is 0 Å². The van der Waals surface area contributed by atoms with Crippen molar-refractivity contribution < 1.29 is 9.59 Å². The molecular weight excluding hydrogens is 168 g/mol. The molecule has 3 amide bonds. The van der Waals surface area contributed by atoms with Crippen molar-refractivity contribution in [3.8, 4) is 0 Å². The van der Waals surface area contributed by atoms with Crippen molar-refractivity contribution in [1.29, 1.82) is 0 Å². The molecule has 1 atom stereocenters. The Morgan fingerprint density at radius 3 is 2.85 bits per heavy atom. The lowest BCUT2D eigenvalue weighted by atomic mass is 10.1. The smallest absolute Gasteiger partial charge is 0.324 e. The second kappa shape index (κ2) is 4.25. The highest BCUT2D eigenvalue weighted by Crippen LogP contribution is 2.10. The largest absolute Gasteiger partial charge is 0.338 e. The molecule has 1 N–H and O–H groups in total. The third kappa shape index (κ3) is 2.20. The number of urea groups is 1. The van der Waals surface area contributed by atoms with Gasteiger partial charge in [-0.25, -0.2) is 4.79 Å². The van der Waals surface area contributed by atoms with Crippen LogP contribution in [-0.4, -0.2) is 29.9 Å². The Labute approximate surface area is 78.3 Å². The maximum atomic E-state index is 11.6. The van der Waals surface area contributed by atoms with E-state index in [1.807, 2.05) is 13.8 Å². The maximum absolute atomic E-state index is 11.6. The van der Waals surface area contributed by atoms with Crippen molar-refractivity contribution in [2.45, 2.75) is 26.7 Å². The molecule has 4 nitrogen and oxygen atoms in total. The average molecular weight is 184 g/mol. The van der Waals surface area contributed by atoms with Crippen LogP contribution in [0.4, 0.5) is 4.79 Å². The molecule has 1 aliphatic heterocycles. The third-order valence-electron chi connectivity index (χ3n) is 2.23. The number of hydrogen-bond acceptors (Lipinski definition) is 2. The fourth-order valence-corrected chi connectivity index (χ4v) is 1.42. The van der Waals surface area contributed by atoms with Gasteiger partial charge in [0.25, 0.3) is 0 Å². The Morgan fingerprint density at radius 1 is 1.54 bits per heavy atom. The third-order valence-corrected chi connectivity index (χ3v) is 2.23. The summed E-state index contributed by atoms with van der Waals surface area (Å²) < 4.78 is 0. The Balaban J connectivity index is 2.72. The van der Waals surface area contributed by atoms with Crippen LogP contribution < -0.4 is 5.32 Å². The van der Waals surface area contributed by atoms with Gasteiger partial charge in [-0.1, -0.05) is 13.8 Å². The molecular formula is C9H16N2O2. The van der Waals surface area contributed by atoms with Crippen LogP contribution in [0.1, 0.15) is 26.7 Å². The summed E-state index contributed by atoms with van der Waals surface area (Å²) in [6.07, 6.45) is 1.55. The van der Waals surface area contributed by atoms with Gasteiger partial charge in [0.1, 0.15) is 0 Å². The van der Waals surface area contributed by atoms with Crippen LogP contribution in [0.15, 0.2) is 0 Å². The molecule has 1 rings (SSSR count). The van der Waals surface area contributed by atoms with Gasteiger partial charge >= 0.3 is 6.03 Å². The second-order valence-corrected chi connectivity index (χ2v) is 3.41. The molecule has 4 heteroatoms. The summed E-state index contributed by atoms with van der Waals surface area (Å²) in [6.45, 7) is 4.95. The van der Waals surface area contributed by atoms with E-state index in [0.717, 1.165) is 12.8 Å². The van der Waals surface area contributed by atoms with Crippen molar-refractivity contribution >= 4 is 11.9 Å². The van der Waals surface area contributed by atoms with E-state index in [0.29, 0.717) is 13.1 Å². The standard InChI is InChI=1S/C9H16N2O2/c1-3-6-11-8(12)7(2)4-5-10-9(11)13/h7H,3-6H2,1-2H3,(H,10,13). The highest BCUT2D eigenvalue weighted by atomic mass is 16.2. The van der Waals surface area contributed by atoms with Crippen molar-refractivity contribution in [1.82, 2.24) is 10.2 Å². The summed E-state index contributed by atoms with van der Waals surface area (Å²) in [5, 5.41) is 2.71. The molecule has 0 aromatic heterocycles. The predicted octanol–water partition coefficient (Wildman–Crippen LogP) is 0.974. The van der Waals surface area contributed by atoms with Crippen LogP contribution >= 0.6 is 0 Å². The lowest BCUT2D eigenvalue weighted by molar-refractivity contribution is -0.131. The van der Waals surface area contributed by atoms with Gasteiger partial charge in [0.05, 0.1) is 0 Å². The highest BCUT2D eigenvalue weighted by molar-refractivity contribution is 5.96. The van der Waals surface area contributed by atoms with Gasteiger partial charge in [0.2, 0.25) is 5.91 Å². The molecule has 0 aromatic rings. The molecule has 0 radical (unpaired) electrons. The van der Waals surface area contributed by atoms with Crippen LogP contribution in [0.2, 0.25) is 0 Å². The summed E-state index contributed by atoms with van der Waals surface area (Å²) >= 11 is 0. The number of rotatable bonds is 2. The second-order valence-electron chi connectivity index (χ2n) is 3.41. The van der Waals surface area contributed by atoms with Crippen molar-refractivity contribution in [2.75, 3.05) is 13.1 Å². The fraction of sp³-hybridized carbons (Fsp3) is 0.778. The first-order chi connectivity index (χ1) is 6.16. The maximum Gasteiger partial charge on any atom is 0.324 e. The summed E-state index contributed by atoms with van der Waals surface area (Å²) in [7, 11) is 0. The van der Waals surface area contributed by atoms with Gasteiger partial charge < -0.3 is 5.32 Å². The number of imide groups is 1. The Kier molecular flexibility index (Phi) is 3.28. The molecule has 13 heavy (non-hydrogen) atoms. The minimum Gasteiger partial charge on any atom is -0.338 e. The lowest BCUT2D eigenvalue weighted by Crippen LogP contribution is -2.42. The quantitative estimate of drug-likeness (QED) is 0.695. The Bertz CT molecular complexity index is 216. The van der Waals surface area contributed by atoms with E-state index in [1.165, 1.54) is 4.90 Å². The van der Waals surface area contributed by atoms with Crippen molar-refractivity contribution in [2.24, 2.45) is 5.92 Å². The predicted molar refractivity (Wildman–Crippen MR) is 49.2 cm³/mol. The minimum absolute atomic E-state index is 0.0366. The van der Waals surface area contributed by atoms with E-state index in [1.54, 1.807) is 0 Å². The van der Waals surface area contributed by atoms with Crippen molar-refractivity contribution in [3.05, 3.63) is 0 Å². The molecule has 1 saturated heterocycles. The van der Waals surface area contributed by atoms with Gasteiger partial charge in [-0.2, -0.15) is 0 Å². The number of carbonyl (C=O) groups excluding carboxylic acids is 2. The monoisotopic (exact) mass is 184 g/mol. The topological polar surface area (TPSA) is 49.4 Å². The van der Waals surface area contributed by atoms with E-state index in [-0.39, 0.29) is 17.9 Å². The van der Waals surface area contributed by atoms with Gasteiger partial charge in [0, 0.05) is 19.0 Å². The molecule has 0 aliphatic carbocycles. The van der Waals surface area contributed by atoms with Gasteiger partial charge in [-0.05, 0) is 12.8 Å². The first-order valence-electron chi connectivity index (χ1n) is 4.76. The van der Waals surface area contributed by atoms with Crippen LogP contribution in [0.3, 0.4) is 0 Å². The number of amides is 3. The van der Waals surface area contributed by atoms with E-state index in [2.05, 4.69) is 5.32 Å². The zero-order valence-electron chi connectivity index (χ0n) is 8.17. The zero-order chi connectivity index (χ0) is 9.84. The summed E-state index contributed by atoms with van der Waals surface area (Å²) in [6, 6.07) is -0.240. The number of nitrogens with zero attached hydrogens (tertiary/aromatic N) is 1. The lowest BCUT2D eigenvalue weighted by Gasteiger charge is -2.19. The van der Waals surface area contributed by atoms with E-state index in [4.69, 9.17) is 0 Å². The number of hydrogen-bond donors (Lipinski definition) is 1. The van der Waals surface area contributed by atoms with Crippen LogP contribution in [0, 0.1) is 5.92 Å².